The quantitative estimate of drug-likeness (QED) is 0.834. The van der Waals surface area contributed by atoms with Crippen LogP contribution in [0.2, 0.25) is 5.15 Å². The normalized spacial score (nSPS) is 10.9. The first kappa shape index (κ1) is 10.3. The first-order valence-electron chi connectivity index (χ1n) is 4.69. The van der Waals surface area contributed by atoms with Crippen LogP contribution >= 0.6 is 11.6 Å². The van der Waals surface area contributed by atoms with Crippen LogP contribution in [-0.2, 0) is 13.5 Å². The molecule has 0 radical (unpaired) electrons. The summed E-state index contributed by atoms with van der Waals surface area (Å²) in [6.45, 7) is 0.0748. The lowest BCUT2D eigenvalue weighted by atomic mass is 10.3. The fourth-order valence-corrected chi connectivity index (χ4v) is 1.74. The Bertz CT molecular complexity index is 447. The summed E-state index contributed by atoms with van der Waals surface area (Å²) in [6.07, 6.45) is 2.34. The second kappa shape index (κ2) is 4.08. The Kier molecular flexibility index (Phi) is 2.79. The molecule has 0 aliphatic rings. The van der Waals surface area contributed by atoms with Gasteiger partial charge in [0.05, 0.1) is 12.3 Å². The van der Waals surface area contributed by atoms with E-state index in [0.29, 0.717) is 11.6 Å². The Morgan fingerprint density at radius 2 is 2.40 bits per heavy atom. The van der Waals surface area contributed by atoms with Gasteiger partial charge >= 0.3 is 0 Å². The smallest absolute Gasteiger partial charge is 0.138 e. The number of H-pyrrole nitrogens is 1. The van der Waals surface area contributed by atoms with Crippen molar-refractivity contribution in [2.45, 2.75) is 6.42 Å². The average Bonchev–Trinajstić information content (AvgIpc) is 2.82. The number of rotatable bonds is 3. The fourth-order valence-electron chi connectivity index (χ4n) is 1.49. The number of halogens is 1. The van der Waals surface area contributed by atoms with Gasteiger partial charge in [0.15, 0.2) is 0 Å². The van der Waals surface area contributed by atoms with Crippen LogP contribution in [0, 0.1) is 0 Å². The summed E-state index contributed by atoms with van der Waals surface area (Å²) in [6, 6.07) is 3.81. The predicted molar refractivity (Wildman–Crippen MR) is 58.8 cm³/mol. The highest BCUT2D eigenvalue weighted by atomic mass is 35.5. The van der Waals surface area contributed by atoms with E-state index in [1.54, 1.807) is 4.57 Å². The molecule has 2 rings (SSSR count). The predicted octanol–water partition coefficient (Wildman–Crippen LogP) is 1.60. The summed E-state index contributed by atoms with van der Waals surface area (Å²) >= 11 is 6.14. The van der Waals surface area contributed by atoms with E-state index in [0.717, 1.165) is 17.2 Å². The minimum Gasteiger partial charge on any atom is -0.396 e. The highest BCUT2D eigenvalue weighted by molar-refractivity contribution is 6.32. The fraction of sp³-hybridized carbons (Fsp3) is 0.300. The molecule has 0 saturated carbocycles. The molecule has 2 heterocycles. The minimum atomic E-state index is 0.0748. The van der Waals surface area contributed by atoms with Gasteiger partial charge in [-0.2, -0.15) is 0 Å². The number of hydrogen-bond acceptors (Lipinski definition) is 2. The lowest BCUT2D eigenvalue weighted by Gasteiger charge is -1.98. The Labute approximate surface area is 92.5 Å². The molecule has 2 aromatic heterocycles. The first-order chi connectivity index (χ1) is 7.24. The van der Waals surface area contributed by atoms with Gasteiger partial charge in [0.25, 0.3) is 0 Å². The van der Waals surface area contributed by atoms with Crippen LogP contribution in [0.3, 0.4) is 0 Å². The molecule has 80 valence electrons. The van der Waals surface area contributed by atoms with Crippen molar-refractivity contribution in [2.24, 2.45) is 7.05 Å². The molecular weight excluding hydrogens is 214 g/mol. The van der Waals surface area contributed by atoms with E-state index in [1.165, 1.54) is 0 Å². The second-order valence-corrected chi connectivity index (χ2v) is 3.64. The van der Waals surface area contributed by atoms with Gasteiger partial charge in [0.1, 0.15) is 16.7 Å². The number of aromatic amines is 1. The Balaban J connectivity index is 2.45. The summed E-state index contributed by atoms with van der Waals surface area (Å²) in [5, 5.41) is 9.45. The zero-order valence-corrected chi connectivity index (χ0v) is 9.12. The van der Waals surface area contributed by atoms with Gasteiger partial charge in [-0.25, -0.2) is 4.98 Å². The van der Waals surface area contributed by atoms with Crippen LogP contribution in [0.15, 0.2) is 18.3 Å². The first-order valence-corrected chi connectivity index (χ1v) is 5.07. The number of nitrogens with one attached hydrogen (secondary N) is 1. The van der Waals surface area contributed by atoms with Crippen LogP contribution in [0.1, 0.15) is 5.82 Å². The molecule has 2 aromatic rings. The molecule has 0 spiro atoms. The van der Waals surface area contributed by atoms with Crippen molar-refractivity contribution in [1.82, 2.24) is 14.5 Å². The van der Waals surface area contributed by atoms with Gasteiger partial charge < -0.3 is 14.7 Å². The van der Waals surface area contributed by atoms with Gasteiger partial charge in [0.2, 0.25) is 0 Å². The maximum absolute atomic E-state index is 8.87. The Hall–Kier alpha value is -1.26. The molecule has 0 bridgehead atoms. The molecular formula is C10H12ClN3O. The van der Waals surface area contributed by atoms with Crippen LogP contribution in [-0.4, -0.2) is 26.2 Å². The van der Waals surface area contributed by atoms with Gasteiger partial charge in [-0.05, 0) is 12.1 Å². The molecule has 0 unspecified atom stereocenters. The van der Waals surface area contributed by atoms with Gasteiger partial charge in [-0.3, -0.25) is 0 Å². The number of aliphatic hydroxyl groups excluding tert-OH is 1. The zero-order valence-electron chi connectivity index (χ0n) is 8.37. The molecule has 0 aromatic carbocycles. The van der Waals surface area contributed by atoms with E-state index in [4.69, 9.17) is 16.7 Å². The van der Waals surface area contributed by atoms with Crippen molar-refractivity contribution in [3.8, 4) is 11.4 Å². The molecule has 2 N–H and O–H groups in total. The summed E-state index contributed by atoms with van der Waals surface area (Å²) in [5.74, 6) is 0.784. The van der Waals surface area contributed by atoms with Crippen molar-refractivity contribution >= 4 is 11.6 Å². The van der Waals surface area contributed by atoms with Crippen molar-refractivity contribution in [3.63, 3.8) is 0 Å². The van der Waals surface area contributed by atoms with E-state index in [2.05, 4.69) is 9.97 Å². The van der Waals surface area contributed by atoms with Gasteiger partial charge in [0, 0.05) is 19.7 Å². The van der Waals surface area contributed by atoms with Crippen molar-refractivity contribution in [3.05, 3.63) is 29.3 Å². The molecule has 15 heavy (non-hydrogen) atoms. The summed E-state index contributed by atoms with van der Waals surface area (Å²) in [5.41, 5.74) is 1.62. The SMILES string of the molecule is Cn1c(CCO)nc(-c2ccc[nH]2)c1Cl. The second-order valence-electron chi connectivity index (χ2n) is 3.28. The molecule has 0 fully saturated rings. The van der Waals surface area contributed by atoms with E-state index in [-0.39, 0.29) is 6.61 Å². The lowest BCUT2D eigenvalue weighted by Crippen LogP contribution is -2.00. The summed E-state index contributed by atoms with van der Waals surface area (Å²) in [4.78, 5) is 7.44. The number of imidazole rings is 1. The summed E-state index contributed by atoms with van der Waals surface area (Å²) < 4.78 is 1.79. The van der Waals surface area contributed by atoms with Crippen LogP contribution in [0.4, 0.5) is 0 Å². The van der Waals surface area contributed by atoms with Gasteiger partial charge in [-0.15, -0.1) is 0 Å². The number of nitrogens with zero attached hydrogens (tertiary/aromatic N) is 2. The zero-order chi connectivity index (χ0) is 10.8. The Morgan fingerprint density at radius 1 is 1.60 bits per heavy atom. The largest absolute Gasteiger partial charge is 0.396 e. The van der Waals surface area contributed by atoms with Crippen molar-refractivity contribution in [2.75, 3.05) is 6.61 Å². The van der Waals surface area contributed by atoms with Crippen molar-refractivity contribution < 1.29 is 5.11 Å². The number of aliphatic hydroxyl groups is 1. The highest BCUT2D eigenvalue weighted by Crippen LogP contribution is 2.26. The molecule has 5 heteroatoms. The van der Waals surface area contributed by atoms with E-state index >= 15 is 0 Å². The monoisotopic (exact) mass is 225 g/mol. The van der Waals surface area contributed by atoms with Crippen molar-refractivity contribution in [1.29, 1.82) is 0 Å². The van der Waals surface area contributed by atoms with Gasteiger partial charge in [-0.1, -0.05) is 11.6 Å². The average molecular weight is 226 g/mol. The maximum atomic E-state index is 8.87. The molecule has 0 aliphatic heterocycles. The topological polar surface area (TPSA) is 53.8 Å². The Morgan fingerprint density at radius 3 is 3.00 bits per heavy atom. The molecule has 0 atom stereocenters. The van der Waals surface area contributed by atoms with Crippen LogP contribution in [0.5, 0.6) is 0 Å². The van der Waals surface area contributed by atoms with E-state index in [1.807, 2.05) is 25.4 Å². The molecule has 4 nitrogen and oxygen atoms in total. The minimum absolute atomic E-state index is 0.0748. The highest BCUT2D eigenvalue weighted by Gasteiger charge is 2.14. The van der Waals surface area contributed by atoms with E-state index < -0.39 is 0 Å². The lowest BCUT2D eigenvalue weighted by molar-refractivity contribution is 0.295. The number of hydrogen-bond donors (Lipinski definition) is 2. The third-order valence-corrected chi connectivity index (χ3v) is 2.74. The molecule has 0 amide bonds. The third kappa shape index (κ3) is 1.78. The summed E-state index contributed by atoms with van der Waals surface area (Å²) in [7, 11) is 1.84. The molecule has 0 saturated heterocycles. The van der Waals surface area contributed by atoms with Crippen LogP contribution in [0.25, 0.3) is 11.4 Å². The van der Waals surface area contributed by atoms with E-state index in [9.17, 15) is 0 Å². The third-order valence-electron chi connectivity index (χ3n) is 2.31. The molecule has 0 aliphatic carbocycles. The standard InChI is InChI=1S/C10H12ClN3O/c1-14-8(4-6-15)13-9(10(14)11)7-3-2-5-12-7/h2-3,5,12,15H,4,6H2,1H3. The number of aromatic nitrogens is 3. The maximum Gasteiger partial charge on any atom is 0.138 e. The van der Waals surface area contributed by atoms with Crippen LogP contribution < -0.4 is 0 Å².